The molecule has 14 heteroatoms. The average molecular weight is 330 g/mol. The van der Waals surface area contributed by atoms with Crippen molar-refractivity contribution in [2.24, 2.45) is 0 Å². The van der Waals surface area contributed by atoms with Gasteiger partial charge in [-0.05, 0) is 0 Å². The molecule has 1 rings (SSSR count). The normalized spacial score (nSPS) is 30.8. The average Bonchev–Trinajstić information content (AvgIpc) is 2.11. The van der Waals surface area contributed by atoms with E-state index in [2.05, 4.69) is 4.18 Å². The van der Waals surface area contributed by atoms with Crippen LogP contribution in [0.1, 0.15) is 0 Å². The lowest BCUT2D eigenvalue weighted by molar-refractivity contribution is -0.414. The highest BCUT2D eigenvalue weighted by atomic mass is 32.2. The van der Waals surface area contributed by atoms with Crippen LogP contribution in [-0.2, 0) is 14.3 Å². The van der Waals surface area contributed by atoms with Crippen molar-refractivity contribution in [2.45, 2.75) is 29.1 Å². The van der Waals surface area contributed by atoms with Gasteiger partial charge >= 0.3 is 39.2 Å². The summed E-state index contributed by atoms with van der Waals surface area (Å²) in [5.41, 5.74) is 0. The van der Waals surface area contributed by atoms with E-state index in [1.807, 2.05) is 0 Å². The molecule has 3 nitrogen and oxygen atoms in total. The maximum Gasteiger partial charge on any atom is 0.460 e. The van der Waals surface area contributed by atoms with Gasteiger partial charge in [0.25, 0.3) is 0 Å². The minimum atomic E-state index is -7.37. The molecular formula is C5F10O3S. The van der Waals surface area contributed by atoms with E-state index in [1.54, 1.807) is 0 Å². The van der Waals surface area contributed by atoms with Crippen LogP contribution in [0, 0.1) is 0 Å². The Labute approximate surface area is 96.8 Å². The fourth-order valence-electron chi connectivity index (χ4n) is 1.08. The third kappa shape index (κ3) is 1.58. The molecule has 1 aliphatic heterocycles. The molecule has 0 bridgehead atoms. The molecule has 1 aliphatic rings. The lowest BCUT2D eigenvalue weighted by Crippen LogP contribution is -2.78. The summed E-state index contributed by atoms with van der Waals surface area (Å²) >= 11 is 0. The molecule has 0 N–H and O–H groups in total. The number of halogens is 10. The Hall–Kier alpha value is -0.790. The summed E-state index contributed by atoms with van der Waals surface area (Å²) in [6.07, 6.45) is -13.2. The quantitative estimate of drug-likeness (QED) is 0.577. The highest BCUT2D eigenvalue weighted by molar-refractivity contribution is 7.89. The molecule has 0 aromatic rings. The first kappa shape index (κ1) is 16.3. The van der Waals surface area contributed by atoms with Gasteiger partial charge in [-0.15, -0.1) is 0 Å². The summed E-state index contributed by atoms with van der Waals surface area (Å²) in [7, 11) is -6.68. The van der Waals surface area contributed by atoms with Gasteiger partial charge in [0.2, 0.25) is 0 Å². The van der Waals surface area contributed by atoms with Crippen LogP contribution in [0.4, 0.5) is 43.9 Å². The summed E-state index contributed by atoms with van der Waals surface area (Å²) in [5.74, 6) is -14.7. The van der Waals surface area contributed by atoms with E-state index in [9.17, 15) is 52.3 Å². The molecular weight excluding hydrogens is 330 g/mol. The first-order valence-electron chi connectivity index (χ1n) is 3.80. The van der Waals surface area contributed by atoms with Crippen LogP contribution in [0.5, 0.6) is 0 Å². The SMILES string of the molecule is O=S1(=O)OC(F)(F)[C@@]1(F)C(F)(F)C(F)(F)C(F)(F)F. The molecule has 1 atom stereocenters. The summed E-state index contributed by atoms with van der Waals surface area (Å²) in [6, 6.07) is 0. The summed E-state index contributed by atoms with van der Waals surface area (Å²) in [5, 5.41) is -6.54. The van der Waals surface area contributed by atoms with Gasteiger partial charge in [-0.1, -0.05) is 0 Å². The Kier molecular flexibility index (Phi) is 2.95. The maximum absolute atomic E-state index is 13.1. The molecule has 0 amide bonds. The fourth-order valence-corrected chi connectivity index (χ4v) is 2.24. The molecule has 1 fully saturated rings. The van der Waals surface area contributed by atoms with Crippen molar-refractivity contribution in [2.75, 3.05) is 0 Å². The number of hydrogen-bond donors (Lipinski definition) is 0. The molecule has 1 heterocycles. The Morgan fingerprint density at radius 3 is 1.42 bits per heavy atom. The van der Waals surface area contributed by atoms with Gasteiger partial charge in [-0.25, -0.2) is 4.39 Å². The zero-order valence-electron chi connectivity index (χ0n) is 7.91. The Morgan fingerprint density at radius 1 is 0.842 bits per heavy atom. The van der Waals surface area contributed by atoms with Crippen molar-refractivity contribution in [1.82, 2.24) is 0 Å². The lowest BCUT2D eigenvalue weighted by Gasteiger charge is -2.45. The van der Waals surface area contributed by atoms with Gasteiger partial charge in [0.15, 0.2) is 0 Å². The van der Waals surface area contributed by atoms with Crippen LogP contribution in [0.2, 0.25) is 0 Å². The molecule has 0 radical (unpaired) electrons. The molecule has 0 aromatic heterocycles. The van der Waals surface area contributed by atoms with Crippen molar-refractivity contribution >= 4 is 10.1 Å². The van der Waals surface area contributed by atoms with Crippen LogP contribution in [0.25, 0.3) is 0 Å². The molecule has 0 saturated carbocycles. The standard InChI is InChI=1S/C5F10O3S/c6-1(7,2(8,9)4(11,12)13)3(10)5(14,15)18-19(3,16)17/t3-/m1/s1. The van der Waals surface area contributed by atoms with E-state index in [1.165, 1.54) is 0 Å². The largest absolute Gasteiger partial charge is 0.460 e. The van der Waals surface area contributed by atoms with Crippen LogP contribution < -0.4 is 0 Å². The second kappa shape index (κ2) is 3.45. The molecule has 114 valence electrons. The maximum atomic E-state index is 13.1. The van der Waals surface area contributed by atoms with Gasteiger partial charge in [0.1, 0.15) is 0 Å². The van der Waals surface area contributed by atoms with Gasteiger partial charge in [0, 0.05) is 0 Å². The third-order valence-corrected chi connectivity index (χ3v) is 3.70. The molecule has 19 heavy (non-hydrogen) atoms. The second-order valence-corrected chi connectivity index (χ2v) is 4.93. The van der Waals surface area contributed by atoms with Gasteiger partial charge in [-0.3, -0.25) is 0 Å². The van der Waals surface area contributed by atoms with E-state index in [0.717, 1.165) is 0 Å². The number of rotatable bonds is 2. The van der Waals surface area contributed by atoms with Crippen LogP contribution in [0.3, 0.4) is 0 Å². The Bertz CT molecular complexity index is 492. The van der Waals surface area contributed by atoms with Crippen LogP contribution >= 0.6 is 0 Å². The monoisotopic (exact) mass is 330 g/mol. The highest BCUT2D eigenvalue weighted by Crippen LogP contribution is 2.64. The Balaban J connectivity index is 3.51. The third-order valence-electron chi connectivity index (χ3n) is 2.09. The number of hydrogen-bond acceptors (Lipinski definition) is 3. The van der Waals surface area contributed by atoms with Crippen molar-refractivity contribution in [1.29, 1.82) is 0 Å². The summed E-state index contributed by atoms with van der Waals surface area (Å²) in [4.78, 5) is 0. The van der Waals surface area contributed by atoms with Gasteiger partial charge < -0.3 is 0 Å². The van der Waals surface area contributed by atoms with Crippen LogP contribution in [0.15, 0.2) is 0 Å². The zero-order chi connectivity index (χ0) is 15.7. The number of alkyl halides is 10. The highest BCUT2D eigenvalue weighted by Gasteiger charge is 2.97. The van der Waals surface area contributed by atoms with Crippen molar-refractivity contribution in [3.8, 4) is 0 Å². The predicted octanol–water partition coefficient (Wildman–Crippen LogP) is 2.44. The Morgan fingerprint density at radius 2 is 1.21 bits per heavy atom. The molecule has 0 aliphatic carbocycles. The summed E-state index contributed by atoms with van der Waals surface area (Å²) < 4.78 is 146. The topological polar surface area (TPSA) is 43.4 Å². The van der Waals surface area contributed by atoms with Crippen LogP contribution in [-0.4, -0.2) is 37.5 Å². The molecule has 0 spiro atoms. The van der Waals surface area contributed by atoms with E-state index in [-0.39, 0.29) is 0 Å². The fraction of sp³-hybridized carbons (Fsp3) is 1.00. The minimum absolute atomic E-state index is 2.31. The smallest absolute Gasteiger partial charge is 0.206 e. The van der Waals surface area contributed by atoms with Crippen molar-refractivity contribution in [3.05, 3.63) is 0 Å². The van der Waals surface area contributed by atoms with E-state index >= 15 is 0 Å². The summed E-state index contributed by atoms with van der Waals surface area (Å²) in [6.45, 7) is 0. The predicted molar refractivity (Wildman–Crippen MR) is 34.7 cm³/mol. The van der Waals surface area contributed by atoms with E-state index in [4.69, 9.17) is 0 Å². The zero-order valence-corrected chi connectivity index (χ0v) is 8.73. The minimum Gasteiger partial charge on any atom is -0.206 e. The molecule has 0 unspecified atom stereocenters. The van der Waals surface area contributed by atoms with E-state index < -0.39 is 39.2 Å². The molecule has 0 aromatic carbocycles. The second-order valence-electron chi connectivity index (χ2n) is 3.30. The van der Waals surface area contributed by atoms with Gasteiger partial charge in [-0.2, -0.15) is 52.1 Å². The van der Waals surface area contributed by atoms with Gasteiger partial charge in [0.05, 0.1) is 0 Å². The van der Waals surface area contributed by atoms with Crippen molar-refractivity contribution < 1.29 is 56.5 Å². The van der Waals surface area contributed by atoms with Crippen molar-refractivity contribution in [3.63, 3.8) is 0 Å². The first-order chi connectivity index (χ1) is 7.96. The molecule has 1 saturated heterocycles. The first-order valence-corrected chi connectivity index (χ1v) is 5.21. The van der Waals surface area contributed by atoms with E-state index in [0.29, 0.717) is 0 Å². The lowest BCUT2D eigenvalue weighted by atomic mass is 10.0.